The van der Waals surface area contributed by atoms with Gasteiger partial charge >= 0.3 is 5.97 Å². The fourth-order valence-electron chi connectivity index (χ4n) is 4.84. The number of carboxylic acid groups (broad SMARTS) is 1. The summed E-state index contributed by atoms with van der Waals surface area (Å²) in [5.41, 5.74) is 0.455. The summed E-state index contributed by atoms with van der Waals surface area (Å²) in [4.78, 5) is 40.6. The molecule has 0 saturated carbocycles. The molecule has 1 aliphatic rings. The molecule has 1 N–H and O–H groups in total. The van der Waals surface area contributed by atoms with Crippen molar-refractivity contribution in [3.63, 3.8) is 0 Å². The fourth-order valence-corrected chi connectivity index (χ4v) is 4.84. The first-order valence-corrected chi connectivity index (χ1v) is 11.6. The van der Waals surface area contributed by atoms with Crippen LogP contribution in [0.2, 0.25) is 0 Å². The summed E-state index contributed by atoms with van der Waals surface area (Å²) >= 11 is 0. The van der Waals surface area contributed by atoms with E-state index in [1.165, 1.54) is 35.0 Å². The molecule has 4 aromatic rings. The molecule has 37 heavy (non-hydrogen) atoms. The predicted molar refractivity (Wildman–Crippen MR) is 137 cm³/mol. The second-order valence-electron chi connectivity index (χ2n) is 8.99. The van der Waals surface area contributed by atoms with Gasteiger partial charge in [-0.05, 0) is 42.9 Å². The maximum atomic E-state index is 13.6. The van der Waals surface area contributed by atoms with E-state index in [0.717, 1.165) is 11.6 Å². The predicted octanol–water partition coefficient (Wildman–Crippen LogP) is 4.23. The van der Waals surface area contributed by atoms with Gasteiger partial charge in [-0.25, -0.2) is 9.18 Å². The molecule has 1 fully saturated rings. The SMILES string of the molecule is CN1CCN(c2cc3c(cc2[N+](=O)[O-])c(=O)c(C(=O)O)cn3-c2ccc(F)cc2)CC1c1ccccc1. The standard InChI is InChI=1S/C27H23FN4O5/c1-29-11-12-30(16-25(29)17-5-3-2-4-6-17)23-14-22-20(13-24(23)32(36)37)26(33)21(27(34)35)15-31(22)19-9-7-18(28)8-10-19/h2-10,13-15,25H,11-12,16H2,1H3,(H,34,35). The number of likely N-dealkylation sites (N-methyl/N-ethyl adjacent to an activating group) is 1. The zero-order chi connectivity index (χ0) is 26.3. The Balaban J connectivity index is 1.72. The number of nitro benzene ring substituents is 1. The summed E-state index contributed by atoms with van der Waals surface area (Å²) in [6.07, 6.45) is 1.17. The van der Waals surface area contributed by atoms with Crippen molar-refractivity contribution in [2.75, 3.05) is 31.6 Å². The number of nitrogens with zero attached hydrogens (tertiary/aromatic N) is 4. The van der Waals surface area contributed by atoms with Crippen LogP contribution in [-0.2, 0) is 0 Å². The zero-order valence-electron chi connectivity index (χ0n) is 19.9. The van der Waals surface area contributed by atoms with Gasteiger partial charge in [0.15, 0.2) is 0 Å². The average molecular weight is 503 g/mol. The summed E-state index contributed by atoms with van der Waals surface area (Å²) in [6.45, 7) is 1.64. The molecule has 0 radical (unpaired) electrons. The van der Waals surface area contributed by atoms with Gasteiger partial charge in [-0.15, -0.1) is 0 Å². The lowest BCUT2D eigenvalue weighted by molar-refractivity contribution is -0.384. The van der Waals surface area contributed by atoms with Crippen molar-refractivity contribution >= 4 is 28.2 Å². The summed E-state index contributed by atoms with van der Waals surface area (Å²) < 4.78 is 15.1. The summed E-state index contributed by atoms with van der Waals surface area (Å²) in [6, 6.07) is 17.9. The zero-order valence-corrected chi connectivity index (χ0v) is 19.9. The van der Waals surface area contributed by atoms with Crippen molar-refractivity contribution < 1.29 is 19.2 Å². The smallest absolute Gasteiger partial charge is 0.341 e. The number of aromatic nitrogens is 1. The Morgan fingerprint density at radius 2 is 1.78 bits per heavy atom. The van der Waals surface area contributed by atoms with Crippen LogP contribution in [0.4, 0.5) is 15.8 Å². The first-order chi connectivity index (χ1) is 17.7. The van der Waals surface area contributed by atoms with E-state index in [1.54, 1.807) is 6.07 Å². The molecular formula is C27H23FN4O5. The average Bonchev–Trinajstić information content (AvgIpc) is 2.89. The second kappa shape index (κ2) is 9.47. The van der Waals surface area contributed by atoms with Gasteiger partial charge in [0.25, 0.3) is 5.69 Å². The first-order valence-electron chi connectivity index (χ1n) is 11.6. The fraction of sp³-hybridized carbons (Fsp3) is 0.185. The molecule has 9 nitrogen and oxygen atoms in total. The highest BCUT2D eigenvalue weighted by Crippen LogP contribution is 2.36. The third kappa shape index (κ3) is 4.43. The van der Waals surface area contributed by atoms with Crippen molar-refractivity contribution in [1.82, 2.24) is 9.47 Å². The second-order valence-corrected chi connectivity index (χ2v) is 8.99. The maximum absolute atomic E-state index is 13.6. The highest BCUT2D eigenvalue weighted by atomic mass is 19.1. The van der Waals surface area contributed by atoms with E-state index >= 15 is 0 Å². The topological polar surface area (TPSA) is 109 Å². The van der Waals surface area contributed by atoms with Crippen LogP contribution in [0.5, 0.6) is 0 Å². The molecule has 1 aromatic heterocycles. The van der Waals surface area contributed by atoms with E-state index in [0.29, 0.717) is 31.0 Å². The van der Waals surface area contributed by atoms with E-state index < -0.39 is 27.7 Å². The number of benzene rings is 3. The van der Waals surface area contributed by atoms with E-state index in [1.807, 2.05) is 42.3 Å². The van der Waals surface area contributed by atoms with Gasteiger partial charge in [-0.2, -0.15) is 0 Å². The number of rotatable bonds is 5. The van der Waals surface area contributed by atoms with Crippen LogP contribution in [-0.4, -0.2) is 52.1 Å². The molecular weight excluding hydrogens is 479 g/mol. The molecule has 188 valence electrons. The van der Waals surface area contributed by atoms with E-state index in [9.17, 15) is 29.2 Å². The van der Waals surface area contributed by atoms with Crippen molar-refractivity contribution in [3.05, 3.63) is 110 Å². The highest BCUT2D eigenvalue weighted by molar-refractivity contribution is 5.96. The lowest BCUT2D eigenvalue weighted by Crippen LogP contribution is -2.47. The van der Waals surface area contributed by atoms with Crippen LogP contribution in [0.25, 0.3) is 16.6 Å². The number of piperazine rings is 1. The van der Waals surface area contributed by atoms with Crippen LogP contribution in [0.1, 0.15) is 22.0 Å². The third-order valence-corrected chi connectivity index (χ3v) is 6.80. The van der Waals surface area contributed by atoms with E-state index in [-0.39, 0.29) is 22.6 Å². The molecule has 1 unspecified atom stereocenters. The van der Waals surface area contributed by atoms with Crippen molar-refractivity contribution in [3.8, 4) is 5.69 Å². The van der Waals surface area contributed by atoms with Gasteiger partial charge in [-0.1, -0.05) is 30.3 Å². The Labute approximate surface area is 210 Å². The molecule has 1 aliphatic heterocycles. The Morgan fingerprint density at radius 3 is 2.43 bits per heavy atom. The van der Waals surface area contributed by atoms with Crippen molar-refractivity contribution in [2.24, 2.45) is 0 Å². The number of fused-ring (bicyclic) bond motifs is 1. The van der Waals surface area contributed by atoms with E-state index in [4.69, 9.17) is 0 Å². The third-order valence-electron chi connectivity index (χ3n) is 6.80. The molecule has 10 heteroatoms. The number of nitro groups is 1. The monoisotopic (exact) mass is 502 g/mol. The molecule has 3 aromatic carbocycles. The molecule has 0 amide bonds. The van der Waals surface area contributed by atoms with E-state index in [2.05, 4.69) is 4.90 Å². The van der Waals surface area contributed by atoms with Gasteiger partial charge < -0.3 is 14.6 Å². The van der Waals surface area contributed by atoms with Crippen LogP contribution in [0.3, 0.4) is 0 Å². The molecule has 5 rings (SSSR count). The number of carboxylic acids is 1. The van der Waals surface area contributed by atoms with Crippen molar-refractivity contribution in [1.29, 1.82) is 0 Å². The summed E-state index contributed by atoms with van der Waals surface area (Å²) in [5, 5.41) is 21.7. The number of carbonyl (C=O) groups is 1. The summed E-state index contributed by atoms with van der Waals surface area (Å²) in [7, 11) is 2.00. The van der Waals surface area contributed by atoms with Gasteiger partial charge in [0.05, 0.1) is 21.9 Å². The van der Waals surface area contributed by atoms with Crippen molar-refractivity contribution in [2.45, 2.75) is 6.04 Å². The Kier molecular flexibility index (Phi) is 6.18. The van der Waals surface area contributed by atoms with Gasteiger partial charge in [0.2, 0.25) is 5.43 Å². The van der Waals surface area contributed by atoms with Crippen LogP contribution in [0.15, 0.2) is 77.7 Å². The maximum Gasteiger partial charge on any atom is 0.341 e. The number of aromatic carboxylic acids is 1. The molecule has 1 atom stereocenters. The molecule has 0 aliphatic carbocycles. The largest absolute Gasteiger partial charge is 0.477 e. The minimum Gasteiger partial charge on any atom is -0.477 e. The van der Waals surface area contributed by atoms with Crippen LogP contribution in [0, 0.1) is 15.9 Å². The van der Waals surface area contributed by atoms with Crippen LogP contribution < -0.4 is 10.3 Å². The van der Waals surface area contributed by atoms with Crippen LogP contribution >= 0.6 is 0 Å². The normalized spacial score (nSPS) is 16.2. The molecule has 2 heterocycles. The molecule has 0 spiro atoms. The Morgan fingerprint density at radius 1 is 1.08 bits per heavy atom. The Hall–Kier alpha value is -4.57. The minimum absolute atomic E-state index is 0.0149. The quantitative estimate of drug-likeness (QED) is 0.321. The lowest BCUT2D eigenvalue weighted by atomic mass is 10.0. The number of anilines is 1. The number of hydrogen-bond acceptors (Lipinski definition) is 6. The Bertz CT molecular complexity index is 1570. The molecule has 1 saturated heterocycles. The van der Waals surface area contributed by atoms with Gasteiger partial charge in [0, 0.05) is 37.6 Å². The first kappa shape index (κ1) is 24.1. The van der Waals surface area contributed by atoms with Gasteiger partial charge in [-0.3, -0.25) is 19.8 Å². The number of pyridine rings is 1. The number of halogens is 1. The summed E-state index contributed by atoms with van der Waals surface area (Å²) in [5.74, 6) is -1.94. The minimum atomic E-state index is -1.46. The highest BCUT2D eigenvalue weighted by Gasteiger charge is 2.31. The lowest BCUT2D eigenvalue weighted by Gasteiger charge is -2.40. The van der Waals surface area contributed by atoms with Gasteiger partial charge in [0.1, 0.15) is 17.1 Å². The molecule has 0 bridgehead atoms. The number of hydrogen-bond donors (Lipinski definition) is 1.